The number of ether oxygens (including phenoxy) is 2. The highest BCUT2D eigenvalue weighted by Gasteiger charge is 2.13. The van der Waals surface area contributed by atoms with E-state index in [1.807, 2.05) is 0 Å². The Morgan fingerprint density at radius 1 is 1.33 bits per heavy atom. The first-order valence-corrected chi connectivity index (χ1v) is 6.31. The molecule has 1 unspecified atom stereocenters. The van der Waals surface area contributed by atoms with Crippen LogP contribution in [0.4, 0.5) is 8.78 Å². The van der Waals surface area contributed by atoms with Crippen molar-refractivity contribution in [3.63, 3.8) is 0 Å². The second kappa shape index (κ2) is 6.53. The molecule has 2 rings (SSSR count). The number of aliphatic hydroxyl groups excluding tert-OH is 1. The van der Waals surface area contributed by atoms with Gasteiger partial charge in [-0.2, -0.15) is 8.78 Å². The highest BCUT2D eigenvalue weighted by molar-refractivity contribution is 5.43. The molecule has 0 aliphatic heterocycles. The summed E-state index contributed by atoms with van der Waals surface area (Å²) in [5, 5.41) is 9.52. The monoisotopic (exact) mass is 298 g/mol. The van der Waals surface area contributed by atoms with Gasteiger partial charge in [-0.3, -0.25) is 4.57 Å². The van der Waals surface area contributed by atoms with Crippen LogP contribution in [0, 0.1) is 0 Å². The number of aromatic nitrogens is 2. The van der Waals surface area contributed by atoms with Crippen LogP contribution >= 0.6 is 0 Å². The lowest BCUT2D eigenvalue weighted by atomic mass is 10.1. The largest absolute Gasteiger partial charge is 0.493 e. The van der Waals surface area contributed by atoms with Crippen molar-refractivity contribution in [2.45, 2.75) is 26.2 Å². The number of rotatable bonds is 6. The van der Waals surface area contributed by atoms with Crippen LogP contribution in [0.1, 0.15) is 31.0 Å². The average molecular weight is 298 g/mol. The SMILES string of the molecule is COc1cc(C(C)O)ccc1OCc1nccn1C(F)F. The van der Waals surface area contributed by atoms with Gasteiger partial charge in [0.2, 0.25) is 0 Å². The first-order chi connectivity index (χ1) is 10.0. The van der Waals surface area contributed by atoms with Gasteiger partial charge in [0.25, 0.3) is 0 Å². The molecule has 1 aromatic heterocycles. The van der Waals surface area contributed by atoms with Crippen molar-refractivity contribution in [2.24, 2.45) is 0 Å². The van der Waals surface area contributed by atoms with E-state index in [4.69, 9.17) is 9.47 Å². The van der Waals surface area contributed by atoms with Gasteiger partial charge in [-0.25, -0.2) is 4.98 Å². The molecule has 0 aliphatic carbocycles. The van der Waals surface area contributed by atoms with Crippen LogP contribution in [-0.4, -0.2) is 21.8 Å². The Hall–Kier alpha value is -2.15. The van der Waals surface area contributed by atoms with Crippen LogP contribution in [0.3, 0.4) is 0 Å². The smallest absolute Gasteiger partial charge is 0.320 e. The number of hydrogen-bond acceptors (Lipinski definition) is 4. The molecule has 0 bridgehead atoms. The van der Waals surface area contributed by atoms with Gasteiger partial charge in [-0.1, -0.05) is 6.07 Å². The summed E-state index contributed by atoms with van der Waals surface area (Å²) in [6, 6.07) is 4.94. The molecule has 7 heteroatoms. The maximum atomic E-state index is 12.7. The van der Waals surface area contributed by atoms with E-state index in [9.17, 15) is 13.9 Å². The lowest BCUT2D eigenvalue weighted by molar-refractivity contribution is 0.0631. The minimum Gasteiger partial charge on any atom is -0.493 e. The van der Waals surface area contributed by atoms with E-state index in [-0.39, 0.29) is 12.4 Å². The van der Waals surface area contributed by atoms with Crippen molar-refractivity contribution < 1.29 is 23.4 Å². The topological polar surface area (TPSA) is 56.5 Å². The van der Waals surface area contributed by atoms with E-state index in [0.717, 1.165) is 4.57 Å². The van der Waals surface area contributed by atoms with E-state index in [2.05, 4.69) is 4.98 Å². The van der Waals surface area contributed by atoms with Gasteiger partial charge in [0.15, 0.2) is 17.3 Å². The van der Waals surface area contributed by atoms with Gasteiger partial charge < -0.3 is 14.6 Å². The van der Waals surface area contributed by atoms with Gasteiger partial charge >= 0.3 is 6.55 Å². The zero-order valence-corrected chi connectivity index (χ0v) is 11.7. The summed E-state index contributed by atoms with van der Waals surface area (Å²) in [7, 11) is 1.47. The second-order valence-electron chi connectivity index (χ2n) is 4.40. The molecular weight excluding hydrogens is 282 g/mol. The molecule has 0 aliphatic rings. The van der Waals surface area contributed by atoms with Crippen LogP contribution in [0.2, 0.25) is 0 Å². The van der Waals surface area contributed by atoms with Crippen molar-refractivity contribution in [3.8, 4) is 11.5 Å². The second-order valence-corrected chi connectivity index (χ2v) is 4.40. The van der Waals surface area contributed by atoms with Crippen LogP contribution in [0.25, 0.3) is 0 Å². The molecule has 1 atom stereocenters. The average Bonchev–Trinajstić information content (AvgIpc) is 2.93. The van der Waals surface area contributed by atoms with E-state index < -0.39 is 12.7 Å². The van der Waals surface area contributed by atoms with Crippen molar-refractivity contribution >= 4 is 0 Å². The molecule has 114 valence electrons. The lowest BCUT2D eigenvalue weighted by Crippen LogP contribution is -2.07. The lowest BCUT2D eigenvalue weighted by Gasteiger charge is -2.13. The van der Waals surface area contributed by atoms with E-state index >= 15 is 0 Å². The number of methoxy groups -OCH3 is 1. The summed E-state index contributed by atoms with van der Waals surface area (Å²) in [4.78, 5) is 3.83. The molecule has 1 aromatic carbocycles. The zero-order valence-electron chi connectivity index (χ0n) is 11.7. The number of halogens is 2. The van der Waals surface area contributed by atoms with Gasteiger partial charge in [0.1, 0.15) is 6.61 Å². The third-order valence-electron chi connectivity index (χ3n) is 2.99. The van der Waals surface area contributed by atoms with E-state index in [0.29, 0.717) is 17.1 Å². The summed E-state index contributed by atoms with van der Waals surface area (Å²) in [6.45, 7) is -1.14. The Morgan fingerprint density at radius 2 is 2.10 bits per heavy atom. The Balaban J connectivity index is 2.14. The molecule has 1 heterocycles. The molecule has 2 aromatic rings. The minimum absolute atomic E-state index is 0.109. The molecule has 0 fully saturated rings. The Labute approximate surface area is 120 Å². The zero-order chi connectivity index (χ0) is 15.4. The quantitative estimate of drug-likeness (QED) is 0.891. The van der Waals surface area contributed by atoms with Crippen molar-refractivity contribution in [2.75, 3.05) is 7.11 Å². The first kappa shape index (κ1) is 15.2. The standard InChI is InChI=1S/C14H16F2N2O3/c1-9(19)10-3-4-11(12(7-10)20-2)21-8-13-17-5-6-18(13)14(15)16/h3-7,9,14,19H,8H2,1-2H3. The number of nitrogens with zero attached hydrogens (tertiary/aromatic N) is 2. The summed E-state index contributed by atoms with van der Waals surface area (Å²) in [5.74, 6) is 0.931. The number of benzene rings is 1. The molecule has 0 radical (unpaired) electrons. The number of alkyl halides is 2. The summed E-state index contributed by atoms with van der Waals surface area (Å²) >= 11 is 0. The predicted octanol–water partition coefficient (Wildman–Crippen LogP) is 2.92. The third-order valence-corrected chi connectivity index (χ3v) is 2.99. The first-order valence-electron chi connectivity index (χ1n) is 6.31. The fraction of sp³-hybridized carbons (Fsp3) is 0.357. The molecule has 21 heavy (non-hydrogen) atoms. The number of hydrogen-bond donors (Lipinski definition) is 1. The van der Waals surface area contributed by atoms with Crippen LogP contribution in [0.5, 0.6) is 11.5 Å². The normalized spacial score (nSPS) is 12.5. The molecule has 1 N–H and O–H groups in total. The van der Waals surface area contributed by atoms with E-state index in [1.165, 1.54) is 19.5 Å². The fourth-order valence-corrected chi connectivity index (χ4v) is 1.84. The Bertz CT molecular complexity index is 600. The number of aliphatic hydroxyl groups is 1. The summed E-state index contributed by atoms with van der Waals surface area (Å²) in [5.41, 5.74) is 0.674. The highest BCUT2D eigenvalue weighted by atomic mass is 19.3. The minimum atomic E-state index is -2.66. The van der Waals surface area contributed by atoms with Crippen molar-refractivity contribution in [1.82, 2.24) is 9.55 Å². The fourth-order valence-electron chi connectivity index (χ4n) is 1.84. The molecule has 0 saturated carbocycles. The predicted molar refractivity (Wildman–Crippen MR) is 71.4 cm³/mol. The Morgan fingerprint density at radius 3 is 2.71 bits per heavy atom. The van der Waals surface area contributed by atoms with Gasteiger partial charge in [0, 0.05) is 12.4 Å². The van der Waals surface area contributed by atoms with Crippen molar-refractivity contribution in [1.29, 1.82) is 0 Å². The highest BCUT2D eigenvalue weighted by Crippen LogP contribution is 2.31. The molecular formula is C14H16F2N2O3. The van der Waals surface area contributed by atoms with Crippen LogP contribution in [0.15, 0.2) is 30.6 Å². The molecule has 0 spiro atoms. The number of imidazole rings is 1. The van der Waals surface area contributed by atoms with Crippen LogP contribution in [-0.2, 0) is 6.61 Å². The van der Waals surface area contributed by atoms with Gasteiger partial charge in [0.05, 0.1) is 13.2 Å². The third kappa shape index (κ3) is 3.49. The maximum Gasteiger partial charge on any atom is 0.320 e. The summed E-state index contributed by atoms with van der Waals surface area (Å²) < 4.78 is 36.8. The van der Waals surface area contributed by atoms with Crippen LogP contribution < -0.4 is 9.47 Å². The van der Waals surface area contributed by atoms with E-state index in [1.54, 1.807) is 25.1 Å². The molecule has 0 amide bonds. The van der Waals surface area contributed by atoms with Crippen molar-refractivity contribution in [3.05, 3.63) is 42.0 Å². The molecule has 5 nitrogen and oxygen atoms in total. The molecule has 0 saturated heterocycles. The van der Waals surface area contributed by atoms with Gasteiger partial charge in [-0.05, 0) is 24.6 Å². The summed E-state index contributed by atoms with van der Waals surface area (Å²) in [6.07, 6.45) is 1.85. The van der Waals surface area contributed by atoms with Gasteiger partial charge in [-0.15, -0.1) is 0 Å². The maximum absolute atomic E-state index is 12.7. The Kier molecular flexibility index (Phi) is 4.74.